The van der Waals surface area contributed by atoms with Gasteiger partial charge in [0.25, 0.3) is 0 Å². The van der Waals surface area contributed by atoms with E-state index in [4.69, 9.17) is 11.6 Å². The number of amides is 1. The van der Waals surface area contributed by atoms with Gasteiger partial charge < -0.3 is 5.32 Å². The van der Waals surface area contributed by atoms with E-state index in [-0.39, 0.29) is 5.91 Å². The highest BCUT2D eigenvalue weighted by molar-refractivity contribution is 9.09. The molecule has 0 heterocycles. The number of nitrogens with one attached hydrogen (secondary N) is 1. The first-order valence-electron chi connectivity index (χ1n) is 6.21. The molecule has 1 fully saturated rings. The van der Waals surface area contributed by atoms with Gasteiger partial charge >= 0.3 is 0 Å². The second-order valence-electron chi connectivity index (χ2n) is 4.98. The summed E-state index contributed by atoms with van der Waals surface area (Å²) >= 11 is 9.50. The number of rotatable bonds is 6. The van der Waals surface area contributed by atoms with E-state index >= 15 is 0 Å². The Kier molecular flexibility index (Phi) is 4.68. The van der Waals surface area contributed by atoms with Gasteiger partial charge in [0.05, 0.1) is 6.42 Å². The van der Waals surface area contributed by atoms with Crippen LogP contribution in [-0.2, 0) is 11.2 Å². The van der Waals surface area contributed by atoms with E-state index < -0.39 is 0 Å². The van der Waals surface area contributed by atoms with Crippen molar-refractivity contribution in [3.05, 3.63) is 34.9 Å². The van der Waals surface area contributed by atoms with Crippen molar-refractivity contribution in [3.63, 3.8) is 0 Å². The third kappa shape index (κ3) is 3.72. The lowest BCUT2D eigenvalue weighted by Crippen LogP contribution is -2.31. The summed E-state index contributed by atoms with van der Waals surface area (Å²) in [6.45, 7) is 0.794. The van der Waals surface area contributed by atoms with E-state index in [1.165, 1.54) is 12.8 Å². The minimum Gasteiger partial charge on any atom is -0.355 e. The van der Waals surface area contributed by atoms with Gasteiger partial charge in [0.1, 0.15) is 0 Å². The summed E-state index contributed by atoms with van der Waals surface area (Å²) in [5.41, 5.74) is 1.25. The zero-order valence-electron chi connectivity index (χ0n) is 10.2. The molecule has 1 aromatic carbocycles. The molecule has 0 aliphatic heterocycles. The molecule has 1 aliphatic carbocycles. The average Bonchev–Trinajstić information content (AvgIpc) is 3.11. The molecule has 0 saturated heterocycles. The summed E-state index contributed by atoms with van der Waals surface area (Å²) in [6.07, 6.45) is 3.96. The maximum absolute atomic E-state index is 11.9. The van der Waals surface area contributed by atoms with Gasteiger partial charge in [-0.05, 0) is 36.3 Å². The molecule has 18 heavy (non-hydrogen) atoms. The Morgan fingerprint density at radius 3 is 2.72 bits per heavy atom. The quantitative estimate of drug-likeness (QED) is 0.794. The molecule has 1 N–H and O–H groups in total. The molecule has 0 aromatic heterocycles. The fraction of sp³-hybridized carbons (Fsp3) is 0.500. The third-order valence-electron chi connectivity index (χ3n) is 3.55. The summed E-state index contributed by atoms with van der Waals surface area (Å²) in [5, 5.41) is 4.70. The molecule has 1 aromatic rings. The van der Waals surface area contributed by atoms with Gasteiger partial charge in [-0.25, -0.2) is 0 Å². The molecule has 0 radical (unpaired) electrons. The minimum absolute atomic E-state index is 0.0592. The standard InChI is InChI=1S/C14H17BrClNO/c15-8-7-14(5-6-14)10-17-13(18)9-11-3-1-2-4-12(11)16/h1-4H,5-10H2,(H,17,18). The summed E-state index contributed by atoms with van der Waals surface area (Å²) in [5.74, 6) is 0.0592. The first-order chi connectivity index (χ1) is 8.65. The molecule has 1 amide bonds. The number of benzene rings is 1. The van der Waals surface area contributed by atoms with Crippen LogP contribution in [0, 0.1) is 5.41 Å². The zero-order chi connectivity index (χ0) is 13.0. The van der Waals surface area contributed by atoms with Gasteiger partial charge in [-0.3, -0.25) is 4.79 Å². The summed E-state index contributed by atoms with van der Waals surface area (Å²) in [7, 11) is 0. The zero-order valence-corrected chi connectivity index (χ0v) is 12.6. The Labute approximate surface area is 121 Å². The second-order valence-corrected chi connectivity index (χ2v) is 6.18. The minimum atomic E-state index is 0.0592. The van der Waals surface area contributed by atoms with Crippen LogP contribution in [0.3, 0.4) is 0 Å². The summed E-state index contributed by atoms with van der Waals surface area (Å²) < 4.78 is 0. The Hall–Kier alpha value is -0.540. The summed E-state index contributed by atoms with van der Waals surface area (Å²) in [6, 6.07) is 7.49. The van der Waals surface area contributed by atoms with Crippen LogP contribution in [-0.4, -0.2) is 17.8 Å². The predicted octanol–water partition coefficient (Wildman–Crippen LogP) is 3.56. The smallest absolute Gasteiger partial charge is 0.224 e. The van der Waals surface area contributed by atoms with E-state index in [9.17, 15) is 4.79 Å². The molecular formula is C14H17BrClNO. The van der Waals surface area contributed by atoms with Crippen molar-refractivity contribution in [3.8, 4) is 0 Å². The Morgan fingerprint density at radius 1 is 1.39 bits per heavy atom. The molecule has 98 valence electrons. The van der Waals surface area contributed by atoms with Crippen LogP contribution in [0.1, 0.15) is 24.8 Å². The van der Waals surface area contributed by atoms with Gasteiger partial charge in [-0.2, -0.15) is 0 Å². The van der Waals surface area contributed by atoms with E-state index in [1.807, 2.05) is 24.3 Å². The molecule has 1 saturated carbocycles. The van der Waals surface area contributed by atoms with Crippen LogP contribution < -0.4 is 5.32 Å². The molecule has 0 bridgehead atoms. The van der Waals surface area contributed by atoms with Crippen molar-refractivity contribution in [1.29, 1.82) is 0 Å². The topological polar surface area (TPSA) is 29.1 Å². The van der Waals surface area contributed by atoms with Gasteiger partial charge in [0.2, 0.25) is 5.91 Å². The number of hydrogen-bond acceptors (Lipinski definition) is 1. The van der Waals surface area contributed by atoms with Crippen LogP contribution in [0.5, 0.6) is 0 Å². The van der Waals surface area contributed by atoms with Crippen LogP contribution in [0.15, 0.2) is 24.3 Å². The SMILES string of the molecule is O=C(Cc1ccccc1Cl)NCC1(CCBr)CC1. The Morgan fingerprint density at radius 2 is 2.11 bits per heavy atom. The van der Waals surface area contributed by atoms with Crippen molar-refractivity contribution in [2.75, 3.05) is 11.9 Å². The molecular weight excluding hydrogens is 314 g/mol. The molecule has 1 aliphatic rings. The number of carbonyl (C=O) groups excluding carboxylic acids is 1. The van der Waals surface area contributed by atoms with E-state index in [2.05, 4.69) is 21.2 Å². The number of hydrogen-bond donors (Lipinski definition) is 1. The maximum Gasteiger partial charge on any atom is 0.224 e. The van der Waals surface area contributed by atoms with Gasteiger partial charge in [0, 0.05) is 16.9 Å². The van der Waals surface area contributed by atoms with Crippen molar-refractivity contribution < 1.29 is 4.79 Å². The normalized spacial score (nSPS) is 16.3. The fourth-order valence-electron chi connectivity index (χ4n) is 2.06. The first kappa shape index (κ1) is 13.9. The molecule has 0 atom stereocenters. The maximum atomic E-state index is 11.9. The lowest BCUT2D eigenvalue weighted by molar-refractivity contribution is -0.120. The largest absolute Gasteiger partial charge is 0.355 e. The lowest BCUT2D eigenvalue weighted by atomic mass is 10.0. The van der Waals surface area contributed by atoms with E-state index in [0.717, 1.165) is 23.9 Å². The highest BCUT2D eigenvalue weighted by Gasteiger charge is 2.41. The van der Waals surface area contributed by atoms with Crippen molar-refractivity contribution in [2.45, 2.75) is 25.7 Å². The molecule has 2 rings (SSSR count). The molecule has 0 unspecified atom stereocenters. The second kappa shape index (κ2) is 6.07. The fourth-order valence-corrected chi connectivity index (χ4v) is 3.10. The molecule has 2 nitrogen and oxygen atoms in total. The predicted molar refractivity (Wildman–Crippen MR) is 78.2 cm³/mol. The Balaban J connectivity index is 1.81. The average molecular weight is 331 g/mol. The van der Waals surface area contributed by atoms with E-state index in [1.54, 1.807) is 0 Å². The molecule has 0 spiro atoms. The van der Waals surface area contributed by atoms with Gasteiger partial charge in [0.15, 0.2) is 0 Å². The monoisotopic (exact) mass is 329 g/mol. The van der Waals surface area contributed by atoms with E-state index in [0.29, 0.717) is 16.9 Å². The van der Waals surface area contributed by atoms with Crippen LogP contribution >= 0.6 is 27.5 Å². The first-order valence-corrected chi connectivity index (χ1v) is 7.71. The van der Waals surface area contributed by atoms with Crippen molar-refractivity contribution in [1.82, 2.24) is 5.32 Å². The summed E-state index contributed by atoms with van der Waals surface area (Å²) in [4.78, 5) is 11.9. The van der Waals surface area contributed by atoms with Gasteiger partial charge in [-0.1, -0.05) is 45.7 Å². The third-order valence-corrected chi connectivity index (χ3v) is 4.32. The molecule has 4 heteroatoms. The number of halogens is 2. The van der Waals surface area contributed by atoms with Gasteiger partial charge in [-0.15, -0.1) is 0 Å². The van der Waals surface area contributed by atoms with Crippen LogP contribution in [0.25, 0.3) is 0 Å². The van der Waals surface area contributed by atoms with Crippen molar-refractivity contribution in [2.24, 2.45) is 5.41 Å². The number of carbonyl (C=O) groups is 1. The number of alkyl halides is 1. The highest BCUT2D eigenvalue weighted by Crippen LogP contribution is 2.48. The van der Waals surface area contributed by atoms with Crippen molar-refractivity contribution >= 4 is 33.4 Å². The lowest BCUT2D eigenvalue weighted by Gasteiger charge is -2.14. The van der Waals surface area contributed by atoms with Crippen LogP contribution in [0.4, 0.5) is 0 Å². The Bertz CT molecular complexity index is 432. The van der Waals surface area contributed by atoms with Crippen LogP contribution in [0.2, 0.25) is 5.02 Å². The highest BCUT2D eigenvalue weighted by atomic mass is 79.9.